The van der Waals surface area contributed by atoms with Gasteiger partial charge in [0.25, 0.3) is 0 Å². The first-order chi connectivity index (χ1) is 6.70. The van der Waals surface area contributed by atoms with E-state index >= 15 is 0 Å². The van der Waals surface area contributed by atoms with Gasteiger partial charge in [0.2, 0.25) is 0 Å². The molecule has 0 radical (unpaired) electrons. The topological polar surface area (TPSA) is 12.0 Å². The second-order valence-electron chi connectivity index (χ2n) is 5.68. The Kier molecular flexibility index (Phi) is 3.16. The zero-order chi connectivity index (χ0) is 10.1. The molecule has 0 aromatic carbocycles. The molecule has 1 N–H and O–H groups in total. The standard InChI is InChI=1S/C13H25N/c1-4-11-7-9(2)5-6-12(11)14-13-8-10(13)3/h9-14H,4-8H2,1-3H3. The molecule has 0 aromatic heterocycles. The molecule has 2 rings (SSSR count). The lowest BCUT2D eigenvalue weighted by Crippen LogP contribution is -2.41. The molecular weight excluding hydrogens is 170 g/mol. The molecular formula is C13H25N. The van der Waals surface area contributed by atoms with Crippen LogP contribution in [0, 0.1) is 17.8 Å². The Hall–Kier alpha value is -0.0400. The molecule has 0 heterocycles. The van der Waals surface area contributed by atoms with E-state index in [0.29, 0.717) is 0 Å². The van der Waals surface area contributed by atoms with Gasteiger partial charge in [0.05, 0.1) is 0 Å². The Bertz CT molecular complexity index is 190. The summed E-state index contributed by atoms with van der Waals surface area (Å²) in [6, 6.07) is 1.70. The van der Waals surface area contributed by atoms with Gasteiger partial charge < -0.3 is 5.32 Å². The van der Waals surface area contributed by atoms with Crippen molar-refractivity contribution in [2.45, 2.75) is 65.0 Å². The third-order valence-electron chi connectivity index (χ3n) is 4.31. The number of rotatable bonds is 3. The molecule has 2 aliphatic carbocycles. The van der Waals surface area contributed by atoms with Gasteiger partial charge in [-0.2, -0.15) is 0 Å². The molecule has 2 saturated carbocycles. The maximum atomic E-state index is 3.86. The van der Waals surface area contributed by atoms with Crippen LogP contribution in [0.1, 0.15) is 52.9 Å². The van der Waals surface area contributed by atoms with E-state index in [1.54, 1.807) is 0 Å². The van der Waals surface area contributed by atoms with Crippen LogP contribution in [-0.4, -0.2) is 12.1 Å². The van der Waals surface area contributed by atoms with Gasteiger partial charge in [0.15, 0.2) is 0 Å². The lowest BCUT2D eigenvalue weighted by atomic mass is 9.77. The van der Waals surface area contributed by atoms with Crippen molar-refractivity contribution >= 4 is 0 Å². The molecule has 0 saturated heterocycles. The maximum Gasteiger partial charge on any atom is 0.00990 e. The fourth-order valence-corrected chi connectivity index (χ4v) is 3.00. The normalized spacial score (nSPS) is 47.8. The van der Waals surface area contributed by atoms with E-state index in [-0.39, 0.29) is 0 Å². The minimum Gasteiger partial charge on any atom is -0.311 e. The minimum atomic E-state index is 0.839. The first-order valence-electron chi connectivity index (χ1n) is 6.46. The highest BCUT2D eigenvalue weighted by Crippen LogP contribution is 2.35. The van der Waals surface area contributed by atoms with Gasteiger partial charge in [-0.25, -0.2) is 0 Å². The third kappa shape index (κ3) is 2.31. The molecule has 82 valence electrons. The van der Waals surface area contributed by atoms with Crippen LogP contribution in [0.25, 0.3) is 0 Å². The highest BCUT2D eigenvalue weighted by molar-refractivity contribution is 4.94. The van der Waals surface area contributed by atoms with Crippen LogP contribution in [-0.2, 0) is 0 Å². The zero-order valence-corrected chi connectivity index (χ0v) is 9.92. The highest BCUT2D eigenvalue weighted by atomic mass is 15.0. The third-order valence-corrected chi connectivity index (χ3v) is 4.31. The summed E-state index contributed by atoms with van der Waals surface area (Å²) in [4.78, 5) is 0. The first kappa shape index (κ1) is 10.5. The summed E-state index contributed by atoms with van der Waals surface area (Å²) in [5.74, 6) is 2.87. The Labute approximate surface area is 88.7 Å². The summed E-state index contributed by atoms with van der Waals surface area (Å²) < 4.78 is 0. The number of hydrogen-bond donors (Lipinski definition) is 1. The highest BCUT2D eigenvalue weighted by Gasteiger charge is 2.37. The van der Waals surface area contributed by atoms with E-state index in [0.717, 1.165) is 29.8 Å². The van der Waals surface area contributed by atoms with Gasteiger partial charge in [-0.3, -0.25) is 0 Å². The molecule has 1 heteroatoms. The number of hydrogen-bond acceptors (Lipinski definition) is 1. The summed E-state index contributed by atoms with van der Waals surface area (Å²) in [5, 5.41) is 3.86. The summed E-state index contributed by atoms with van der Waals surface area (Å²) in [6.45, 7) is 7.14. The first-order valence-corrected chi connectivity index (χ1v) is 6.46. The van der Waals surface area contributed by atoms with Crippen molar-refractivity contribution in [2.24, 2.45) is 17.8 Å². The molecule has 5 atom stereocenters. The molecule has 1 nitrogen and oxygen atoms in total. The minimum absolute atomic E-state index is 0.839. The lowest BCUT2D eigenvalue weighted by Gasteiger charge is -2.35. The van der Waals surface area contributed by atoms with Crippen molar-refractivity contribution in [1.82, 2.24) is 5.32 Å². The average Bonchev–Trinajstić information content (AvgIpc) is 2.85. The van der Waals surface area contributed by atoms with E-state index in [4.69, 9.17) is 0 Å². The van der Waals surface area contributed by atoms with E-state index in [1.807, 2.05) is 0 Å². The second kappa shape index (κ2) is 4.22. The molecule has 0 spiro atoms. The van der Waals surface area contributed by atoms with Crippen molar-refractivity contribution in [3.63, 3.8) is 0 Å². The van der Waals surface area contributed by atoms with Gasteiger partial charge in [0, 0.05) is 12.1 Å². The van der Waals surface area contributed by atoms with Crippen LogP contribution in [0.3, 0.4) is 0 Å². The van der Waals surface area contributed by atoms with Crippen LogP contribution in [0.15, 0.2) is 0 Å². The van der Waals surface area contributed by atoms with Crippen LogP contribution in [0.2, 0.25) is 0 Å². The van der Waals surface area contributed by atoms with Crippen LogP contribution in [0.5, 0.6) is 0 Å². The van der Waals surface area contributed by atoms with Crippen molar-refractivity contribution in [3.05, 3.63) is 0 Å². The molecule has 5 unspecified atom stereocenters. The largest absolute Gasteiger partial charge is 0.311 e. The van der Waals surface area contributed by atoms with Gasteiger partial charge in [-0.1, -0.05) is 27.2 Å². The molecule has 0 bridgehead atoms. The van der Waals surface area contributed by atoms with E-state index < -0.39 is 0 Å². The summed E-state index contributed by atoms with van der Waals surface area (Å²) in [6.07, 6.45) is 7.10. The Morgan fingerprint density at radius 1 is 1.07 bits per heavy atom. The van der Waals surface area contributed by atoms with E-state index in [2.05, 4.69) is 26.1 Å². The summed E-state index contributed by atoms with van der Waals surface area (Å²) in [7, 11) is 0. The van der Waals surface area contributed by atoms with E-state index in [1.165, 1.54) is 32.1 Å². The Morgan fingerprint density at radius 2 is 1.79 bits per heavy atom. The van der Waals surface area contributed by atoms with Gasteiger partial charge in [0.1, 0.15) is 0 Å². The molecule has 2 aliphatic rings. The van der Waals surface area contributed by atoms with Gasteiger partial charge >= 0.3 is 0 Å². The van der Waals surface area contributed by atoms with Crippen LogP contribution in [0.4, 0.5) is 0 Å². The zero-order valence-electron chi connectivity index (χ0n) is 9.92. The SMILES string of the molecule is CCC1CC(C)CCC1NC1CC1C. The summed E-state index contributed by atoms with van der Waals surface area (Å²) >= 11 is 0. The van der Waals surface area contributed by atoms with E-state index in [9.17, 15) is 0 Å². The molecule has 14 heavy (non-hydrogen) atoms. The number of nitrogens with one attached hydrogen (secondary N) is 1. The van der Waals surface area contributed by atoms with Crippen molar-refractivity contribution in [3.8, 4) is 0 Å². The quantitative estimate of drug-likeness (QED) is 0.729. The van der Waals surface area contributed by atoms with Crippen molar-refractivity contribution < 1.29 is 0 Å². The smallest absolute Gasteiger partial charge is 0.00990 e. The van der Waals surface area contributed by atoms with Crippen molar-refractivity contribution in [1.29, 1.82) is 0 Å². The fourth-order valence-electron chi connectivity index (χ4n) is 3.00. The Morgan fingerprint density at radius 3 is 2.36 bits per heavy atom. The molecule has 2 fully saturated rings. The maximum absolute atomic E-state index is 3.86. The van der Waals surface area contributed by atoms with Gasteiger partial charge in [-0.05, 0) is 43.4 Å². The van der Waals surface area contributed by atoms with Crippen LogP contribution >= 0.6 is 0 Å². The second-order valence-corrected chi connectivity index (χ2v) is 5.68. The Balaban J connectivity index is 1.83. The monoisotopic (exact) mass is 195 g/mol. The summed E-state index contributed by atoms with van der Waals surface area (Å²) in [5.41, 5.74) is 0. The molecule has 0 aliphatic heterocycles. The molecule has 0 aromatic rings. The average molecular weight is 195 g/mol. The fraction of sp³-hybridized carbons (Fsp3) is 1.00. The predicted molar refractivity (Wildman–Crippen MR) is 61.3 cm³/mol. The molecule has 0 amide bonds. The van der Waals surface area contributed by atoms with Crippen LogP contribution < -0.4 is 5.32 Å². The lowest BCUT2D eigenvalue weighted by molar-refractivity contribution is 0.205. The van der Waals surface area contributed by atoms with Crippen molar-refractivity contribution in [2.75, 3.05) is 0 Å². The predicted octanol–water partition coefficient (Wildman–Crippen LogP) is 3.20. The van der Waals surface area contributed by atoms with Gasteiger partial charge in [-0.15, -0.1) is 0 Å².